The number of hydrogen-bond donors (Lipinski definition) is 1. The highest BCUT2D eigenvalue weighted by atomic mass is 15.2. The van der Waals surface area contributed by atoms with Crippen LogP contribution < -0.4 is 5.32 Å². The number of nitrogens with zero attached hydrogens (tertiary/aromatic N) is 2. The van der Waals surface area contributed by atoms with Gasteiger partial charge in [-0.25, -0.2) is 0 Å². The lowest BCUT2D eigenvalue weighted by atomic mass is 9.98. The van der Waals surface area contributed by atoms with Crippen molar-refractivity contribution in [3.05, 3.63) is 35.9 Å². The molecule has 1 fully saturated rings. The average molecular weight is 289 g/mol. The summed E-state index contributed by atoms with van der Waals surface area (Å²) in [5.41, 5.74) is 1.44. The molecule has 3 nitrogen and oxygen atoms in total. The minimum absolute atomic E-state index is 0.497. The van der Waals surface area contributed by atoms with Crippen LogP contribution >= 0.6 is 0 Å². The van der Waals surface area contributed by atoms with E-state index in [9.17, 15) is 0 Å². The maximum atomic E-state index is 3.62. The third-order valence-corrected chi connectivity index (χ3v) is 4.57. The maximum Gasteiger partial charge on any atom is 0.0472 e. The Balaban J connectivity index is 2.02. The van der Waals surface area contributed by atoms with Gasteiger partial charge in [0.1, 0.15) is 0 Å². The standard InChI is InChI=1S/C18H31N3/c1-15(2)19-14-18(16-8-6-5-7-9-16)21-12-10-17(11-13-21)20(3)4/h5-9,15,17-19H,10-14H2,1-4H3. The summed E-state index contributed by atoms with van der Waals surface area (Å²) in [5.74, 6) is 0. The van der Waals surface area contributed by atoms with Gasteiger partial charge in [-0.2, -0.15) is 0 Å². The molecule has 0 spiro atoms. The van der Waals surface area contributed by atoms with Crippen LogP contribution in [0, 0.1) is 0 Å². The predicted octanol–water partition coefficient (Wildman–Crippen LogP) is 2.75. The van der Waals surface area contributed by atoms with E-state index in [-0.39, 0.29) is 0 Å². The summed E-state index contributed by atoms with van der Waals surface area (Å²) in [6, 6.07) is 12.7. The summed E-state index contributed by atoms with van der Waals surface area (Å²) >= 11 is 0. The number of nitrogens with one attached hydrogen (secondary N) is 1. The van der Waals surface area contributed by atoms with Gasteiger partial charge in [-0.1, -0.05) is 44.2 Å². The predicted molar refractivity (Wildman–Crippen MR) is 90.6 cm³/mol. The fraction of sp³-hybridized carbons (Fsp3) is 0.667. The fourth-order valence-corrected chi connectivity index (χ4v) is 3.19. The van der Waals surface area contributed by atoms with Crippen LogP contribution in [0.5, 0.6) is 0 Å². The van der Waals surface area contributed by atoms with Crippen molar-refractivity contribution < 1.29 is 0 Å². The molecule has 1 heterocycles. The molecule has 1 aliphatic heterocycles. The number of hydrogen-bond acceptors (Lipinski definition) is 3. The van der Waals surface area contributed by atoms with Crippen molar-refractivity contribution >= 4 is 0 Å². The summed E-state index contributed by atoms with van der Waals surface area (Å²) < 4.78 is 0. The van der Waals surface area contributed by atoms with Gasteiger partial charge in [-0.15, -0.1) is 0 Å². The van der Waals surface area contributed by atoms with Crippen molar-refractivity contribution in [1.29, 1.82) is 0 Å². The van der Waals surface area contributed by atoms with Crippen molar-refractivity contribution in [2.75, 3.05) is 33.7 Å². The van der Waals surface area contributed by atoms with E-state index in [0.29, 0.717) is 12.1 Å². The molecule has 0 bridgehead atoms. The molecule has 1 aromatic carbocycles. The van der Waals surface area contributed by atoms with Gasteiger partial charge < -0.3 is 10.2 Å². The first-order chi connectivity index (χ1) is 10.1. The van der Waals surface area contributed by atoms with Gasteiger partial charge in [-0.3, -0.25) is 4.90 Å². The quantitative estimate of drug-likeness (QED) is 0.869. The highest BCUT2D eigenvalue weighted by Gasteiger charge is 2.26. The van der Waals surface area contributed by atoms with Crippen LogP contribution in [0.25, 0.3) is 0 Å². The van der Waals surface area contributed by atoms with E-state index in [1.54, 1.807) is 0 Å². The van der Waals surface area contributed by atoms with Crippen molar-refractivity contribution in [2.24, 2.45) is 0 Å². The molecule has 1 aliphatic rings. The molecule has 0 saturated carbocycles. The summed E-state index contributed by atoms with van der Waals surface area (Å²) in [6.07, 6.45) is 2.55. The Bertz CT molecular complexity index is 394. The first-order valence-corrected chi connectivity index (χ1v) is 8.26. The Kier molecular flexibility index (Phi) is 6.22. The molecule has 118 valence electrons. The lowest BCUT2D eigenvalue weighted by Crippen LogP contribution is -2.46. The highest BCUT2D eigenvalue weighted by Crippen LogP contribution is 2.25. The van der Waals surface area contributed by atoms with E-state index in [0.717, 1.165) is 12.6 Å². The summed E-state index contributed by atoms with van der Waals surface area (Å²) in [6.45, 7) is 7.87. The Morgan fingerprint density at radius 3 is 2.29 bits per heavy atom. The first kappa shape index (κ1) is 16.5. The second kappa shape index (κ2) is 7.92. The maximum absolute atomic E-state index is 3.62. The third-order valence-electron chi connectivity index (χ3n) is 4.57. The normalized spacial score (nSPS) is 19.3. The average Bonchev–Trinajstić information content (AvgIpc) is 2.49. The van der Waals surface area contributed by atoms with Gasteiger partial charge >= 0.3 is 0 Å². The Morgan fingerprint density at radius 1 is 1.14 bits per heavy atom. The summed E-state index contributed by atoms with van der Waals surface area (Å²) in [5, 5.41) is 3.62. The van der Waals surface area contributed by atoms with E-state index < -0.39 is 0 Å². The molecule has 0 amide bonds. The van der Waals surface area contributed by atoms with Crippen LogP contribution in [0.3, 0.4) is 0 Å². The Labute approximate surface area is 130 Å². The summed E-state index contributed by atoms with van der Waals surface area (Å²) in [4.78, 5) is 5.03. The van der Waals surface area contributed by atoms with Crippen LogP contribution in [0.4, 0.5) is 0 Å². The second-order valence-corrected chi connectivity index (χ2v) is 6.72. The molecule has 1 N–H and O–H groups in total. The highest BCUT2D eigenvalue weighted by molar-refractivity contribution is 5.19. The zero-order valence-corrected chi connectivity index (χ0v) is 14.0. The molecule has 1 atom stereocenters. The molecule has 21 heavy (non-hydrogen) atoms. The molecule has 0 aliphatic carbocycles. The molecule has 1 unspecified atom stereocenters. The lowest BCUT2D eigenvalue weighted by Gasteiger charge is -2.40. The summed E-state index contributed by atoms with van der Waals surface area (Å²) in [7, 11) is 4.41. The number of benzene rings is 1. The van der Waals surface area contributed by atoms with Crippen LogP contribution in [0.1, 0.15) is 38.3 Å². The van der Waals surface area contributed by atoms with Gasteiger partial charge in [0, 0.05) is 37.8 Å². The number of likely N-dealkylation sites (tertiary alicyclic amines) is 1. The van der Waals surface area contributed by atoms with E-state index in [2.05, 4.69) is 73.4 Å². The van der Waals surface area contributed by atoms with Gasteiger partial charge in [0.2, 0.25) is 0 Å². The van der Waals surface area contributed by atoms with Crippen molar-refractivity contribution in [2.45, 2.75) is 44.8 Å². The molecule has 1 saturated heterocycles. The molecule has 2 rings (SSSR count). The van der Waals surface area contributed by atoms with Gasteiger partial charge in [0.15, 0.2) is 0 Å². The topological polar surface area (TPSA) is 18.5 Å². The van der Waals surface area contributed by atoms with Crippen LogP contribution in [-0.2, 0) is 0 Å². The Morgan fingerprint density at radius 2 is 1.76 bits per heavy atom. The smallest absolute Gasteiger partial charge is 0.0472 e. The minimum atomic E-state index is 0.497. The zero-order chi connectivity index (χ0) is 15.2. The fourth-order valence-electron chi connectivity index (χ4n) is 3.19. The second-order valence-electron chi connectivity index (χ2n) is 6.72. The SMILES string of the molecule is CC(C)NCC(c1ccccc1)N1CCC(N(C)C)CC1. The third kappa shape index (κ3) is 4.80. The number of piperidine rings is 1. The molecule has 3 heteroatoms. The minimum Gasteiger partial charge on any atom is -0.313 e. The van der Waals surface area contributed by atoms with E-state index >= 15 is 0 Å². The van der Waals surface area contributed by atoms with Crippen molar-refractivity contribution in [3.63, 3.8) is 0 Å². The van der Waals surface area contributed by atoms with Crippen molar-refractivity contribution in [3.8, 4) is 0 Å². The lowest BCUT2D eigenvalue weighted by molar-refractivity contribution is 0.106. The van der Waals surface area contributed by atoms with Crippen LogP contribution in [-0.4, -0.2) is 55.6 Å². The van der Waals surface area contributed by atoms with Crippen LogP contribution in [0.2, 0.25) is 0 Å². The van der Waals surface area contributed by atoms with E-state index in [1.807, 2.05) is 0 Å². The molecule has 0 aromatic heterocycles. The molecule has 1 aromatic rings. The van der Waals surface area contributed by atoms with Gasteiger partial charge in [0.25, 0.3) is 0 Å². The van der Waals surface area contributed by atoms with E-state index in [1.165, 1.54) is 31.5 Å². The van der Waals surface area contributed by atoms with Crippen LogP contribution in [0.15, 0.2) is 30.3 Å². The van der Waals surface area contributed by atoms with Gasteiger partial charge in [0.05, 0.1) is 0 Å². The molecular formula is C18H31N3. The van der Waals surface area contributed by atoms with Crippen molar-refractivity contribution in [1.82, 2.24) is 15.1 Å². The monoisotopic (exact) mass is 289 g/mol. The molecular weight excluding hydrogens is 258 g/mol. The first-order valence-electron chi connectivity index (χ1n) is 8.26. The van der Waals surface area contributed by atoms with Gasteiger partial charge in [-0.05, 0) is 32.5 Å². The molecule has 0 radical (unpaired) electrons. The number of rotatable bonds is 6. The van der Waals surface area contributed by atoms with E-state index in [4.69, 9.17) is 0 Å². The zero-order valence-electron chi connectivity index (χ0n) is 14.0. The largest absolute Gasteiger partial charge is 0.313 e. The Hall–Kier alpha value is -0.900.